The van der Waals surface area contributed by atoms with Crippen molar-refractivity contribution in [3.05, 3.63) is 70.3 Å². The number of fused-ring (bicyclic) bond motifs is 3. The van der Waals surface area contributed by atoms with E-state index in [2.05, 4.69) is 15.1 Å². The van der Waals surface area contributed by atoms with Gasteiger partial charge in [-0.1, -0.05) is 29.8 Å². The molecule has 2 aromatic carbocycles. The molecule has 0 unspecified atom stereocenters. The first-order valence-electron chi connectivity index (χ1n) is 7.84. The Morgan fingerprint density at radius 3 is 2.76 bits per heavy atom. The van der Waals surface area contributed by atoms with Gasteiger partial charge in [-0.15, -0.1) is 0 Å². The van der Waals surface area contributed by atoms with Gasteiger partial charge in [0.2, 0.25) is 0 Å². The fraction of sp³-hybridized carbons (Fsp3) is 0.105. The number of aromatic amines is 1. The molecule has 6 nitrogen and oxygen atoms in total. The van der Waals surface area contributed by atoms with Gasteiger partial charge in [0, 0.05) is 11.5 Å². The first-order valence-corrected chi connectivity index (χ1v) is 7.84. The van der Waals surface area contributed by atoms with E-state index in [-0.39, 0.29) is 5.56 Å². The maximum absolute atomic E-state index is 12.7. The van der Waals surface area contributed by atoms with Crippen molar-refractivity contribution in [2.24, 2.45) is 5.10 Å². The molecule has 6 heteroatoms. The Balaban J connectivity index is 1.80. The molecule has 0 spiro atoms. The van der Waals surface area contributed by atoms with Crippen LogP contribution in [-0.4, -0.2) is 28.0 Å². The van der Waals surface area contributed by atoms with Crippen molar-refractivity contribution in [1.82, 2.24) is 14.6 Å². The summed E-state index contributed by atoms with van der Waals surface area (Å²) in [6.07, 6.45) is 3.08. The van der Waals surface area contributed by atoms with Crippen molar-refractivity contribution in [3.8, 4) is 5.75 Å². The van der Waals surface area contributed by atoms with Gasteiger partial charge in [0.15, 0.2) is 0 Å². The summed E-state index contributed by atoms with van der Waals surface area (Å²) in [4.78, 5) is 20.2. The number of nitrogens with one attached hydrogen (secondary N) is 1. The molecule has 0 atom stereocenters. The number of nitrogens with zero attached hydrogens (tertiary/aromatic N) is 3. The zero-order valence-corrected chi connectivity index (χ0v) is 13.9. The number of aryl methyl sites for hydroxylation is 1. The van der Waals surface area contributed by atoms with Crippen LogP contribution < -0.4 is 10.3 Å². The SMILES string of the molecule is COc1ccc2c(c1)[nH]c1c(=O)n(N=Cc3ccc(C)cc3)cnc12. The third kappa shape index (κ3) is 2.67. The predicted molar refractivity (Wildman–Crippen MR) is 98.6 cm³/mol. The summed E-state index contributed by atoms with van der Waals surface area (Å²) in [5, 5.41) is 5.11. The zero-order valence-electron chi connectivity index (χ0n) is 13.9. The minimum Gasteiger partial charge on any atom is -0.497 e. The number of H-pyrrole nitrogens is 1. The van der Waals surface area contributed by atoms with Crippen molar-refractivity contribution < 1.29 is 4.74 Å². The summed E-state index contributed by atoms with van der Waals surface area (Å²) in [5.74, 6) is 0.719. The molecule has 0 radical (unpaired) electrons. The summed E-state index contributed by atoms with van der Waals surface area (Å²) in [5.41, 5.74) is 3.70. The van der Waals surface area contributed by atoms with Gasteiger partial charge in [0.05, 0.1) is 18.8 Å². The lowest BCUT2D eigenvalue weighted by atomic mass is 10.2. The maximum Gasteiger partial charge on any atom is 0.298 e. The molecule has 0 saturated carbocycles. The first-order chi connectivity index (χ1) is 12.2. The topological polar surface area (TPSA) is 72.3 Å². The molecule has 4 aromatic rings. The van der Waals surface area contributed by atoms with E-state index in [4.69, 9.17) is 4.74 Å². The Morgan fingerprint density at radius 2 is 2.00 bits per heavy atom. The summed E-state index contributed by atoms with van der Waals surface area (Å²) in [6.45, 7) is 2.02. The average molecular weight is 332 g/mol. The third-order valence-corrected chi connectivity index (χ3v) is 4.11. The van der Waals surface area contributed by atoms with E-state index in [1.54, 1.807) is 13.3 Å². The number of hydrogen-bond donors (Lipinski definition) is 1. The summed E-state index contributed by atoms with van der Waals surface area (Å²) in [6, 6.07) is 13.5. The lowest BCUT2D eigenvalue weighted by Gasteiger charge is -1.98. The Morgan fingerprint density at radius 1 is 1.20 bits per heavy atom. The molecular formula is C19H16N4O2. The van der Waals surface area contributed by atoms with Crippen LogP contribution in [0.1, 0.15) is 11.1 Å². The molecule has 2 aromatic heterocycles. The van der Waals surface area contributed by atoms with Crippen molar-refractivity contribution in [1.29, 1.82) is 0 Å². The molecule has 0 aliphatic rings. The molecule has 0 aliphatic carbocycles. The molecule has 0 saturated heterocycles. The fourth-order valence-electron chi connectivity index (χ4n) is 2.72. The summed E-state index contributed by atoms with van der Waals surface area (Å²) < 4.78 is 6.45. The van der Waals surface area contributed by atoms with Crippen LogP contribution in [0.3, 0.4) is 0 Å². The highest BCUT2D eigenvalue weighted by Crippen LogP contribution is 2.25. The Bertz CT molecular complexity index is 1150. The highest BCUT2D eigenvalue weighted by atomic mass is 16.5. The molecule has 0 aliphatic heterocycles. The number of benzene rings is 2. The van der Waals surface area contributed by atoms with Crippen LogP contribution in [0.5, 0.6) is 5.75 Å². The number of aromatic nitrogens is 3. The standard InChI is InChI=1S/C19H16N4O2/c1-12-3-5-13(6-4-12)10-21-23-11-20-17-15-8-7-14(25-2)9-16(15)22-18(17)19(23)24/h3-11,22H,1-2H3. The second-order valence-electron chi connectivity index (χ2n) is 5.81. The van der Waals surface area contributed by atoms with Crippen LogP contribution in [-0.2, 0) is 0 Å². The molecule has 124 valence electrons. The molecular weight excluding hydrogens is 316 g/mol. The van der Waals surface area contributed by atoms with E-state index in [1.807, 2.05) is 49.4 Å². The molecule has 25 heavy (non-hydrogen) atoms. The van der Waals surface area contributed by atoms with Crippen molar-refractivity contribution in [3.63, 3.8) is 0 Å². The summed E-state index contributed by atoms with van der Waals surface area (Å²) in [7, 11) is 1.61. The van der Waals surface area contributed by atoms with Crippen LogP contribution in [0, 0.1) is 6.92 Å². The number of rotatable bonds is 3. The molecule has 4 rings (SSSR count). The van der Waals surface area contributed by atoms with Gasteiger partial charge in [-0.25, -0.2) is 4.98 Å². The highest BCUT2D eigenvalue weighted by molar-refractivity contribution is 6.04. The van der Waals surface area contributed by atoms with Crippen molar-refractivity contribution >= 4 is 28.2 Å². The van der Waals surface area contributed by atoms with Crippen LogP contribution >= 0.6 is 0 Å². The minimum atomic E-state index is -0.247. The predicted octanol–water partition coefficient (Wildman–Crippen LogP) is 3.08. The van der Waals surface area contributed by atoms with Crippen molar-refractivity contribution in [2.45, 2.75) is 6.92 Å². The molecule has 0 amide bonds. The molecule has 0 bridgehead atoms. The minimum absolute atomic E-state index is 0.247. The summed E-state index contributed by atoms with van der Waals surface area (Å²) >= 11 is 0. The second kappa shape index (κ2) is 5.90. The molecule has 0 fully saturated rings. The zero-order chi connectivity index (χ0) is 17.4. The number of ether oxygens (including phenoxy) is 1. The fourth-order valence-corrected chi connectivity index (χ4v) is 2.72. The van der Waals surface area contributed by atoms with Gasteiger partial charge in [-0.3, -0.25) is 4.79 Å². The van der Waals surface area contributed by atoms with E-state index < -0.39 is 0 Å². The van der Waals surface area contributed by atoms with Gasteiger partial charge in [-0.05, 0) is 24.6 Å². The third-order valence-electron chi connectivity index (χ3n) is 4.11. The number of methoxy groups -OCH3 is 1. The van der Waals surface area contributed by atoms with Crippen LogP contribution in [0.2, 0.25) is 0 Å². The lowest BCUT2D eigenvalue weighted by molar-refractivity contribution is 0.415. The quantitative estimate of drug-likeness (QED) is 0.586. The van der Waals surface area contributed by atoms with E-state index in [9.17, 15) is 4.79 Å². The van der Waals surface area contributed by atoms with Gasteiger partial charge in [0.1, 0.15) is 23.1 Å². The van der Waals surface area contributed by atoms with Gasteiger partial charge in [-0.2, -0.15) is 9.78 Å². The Labute approximate surface area is 143 Å². The Kier molecular flexibility index (Phi) is 3.57. The number of hydrogen-bond acceptors (Lipinski definition) is 4. The Hall–Kier alpha value is -3.41. The normalized spacial score (nSPS) is 11.6. The average Bonchev–Trinajstić information content (AvgIpc) is 3.01. The van der Waals surface area contributed by atoms with E-state index in [1.165, 1.54) is 16.6 Å². The van der Waals surface area contributed by atoms with E-state index >= 15 is 0 Å². The smallest absolute Gasteiger partial charge is 0.298 e. The van der Waals surface area contributed by atoms with Gasteiger partial charge < -0.3 is 9.72 Å². The van der Waals surface area contributed by atoms with E-state index in [0.29, 0.717) is 11.0 Å². The van der Waals surface area contributed by atoms with Gasteiger partial charge in [0.25, 0.3) is 5.56 Å². The molecule has 2 heterocycles. The maximum atomic E-state index is 12.7. The first kappa shape index (κ1) is 15.1. The monoisotopic (exact) mass is 332 g/mol. The van der Waals surface area contributed by atoms with Crippen LogP contribution in [0.25, 0.3) is 21.9 Å². The van der Waals surface area contributed by atoms with Crippen LogP contribution in [0.4, 0.5) is 0 Å². The molecule has 1 N–H and O–H groups in total. The lowest BCUT2D eigenvalue weighted by Crippen LogP contribution is -2.17. The van der Waals surface area contributed by atoms with Crippen LogP contribution in [0.15, 0.2) is 58.7 Å². The van der Waals surface area contributed by atoms with E-state index in [0.717, 1.165) is 22.2 Å². The largest absolute Gasteiger partial charge is 0.497 e. The highest BCUT2D eigenvalue weighted by Gasteiger charge is 2.11. The van der Waals surface area contributed by atoms with Crippen molar-refractivity contribution in [2.75, 3.05) is 7.11 Å². The second-order valence-corrected chi connectivity index (χ2v) is 5.81. The van der Waals surface area contributed by atoms with Gasteiger partial charge >= 0.3 is 0 Å².